The summed E-state index contributed by atoms with van der Waals surface area (Å²) in [4.78, 5) is 0. The Morgan fingerprint density at radius 2 is 2.38 bits per heavy atom. The highest BCUT2D eigenvalue weighted by molar-refractivity contribution is 6.28. The maximum atomic E-state index is 8.84. The van der Waals surface area contributed by atoms with Gasteiger partial charge in [0.1, 0.15) is 5.76 Å². The second kappa shape index (κ2) is 3.41. The lowest BCUT2D eigenvalue weighted by Gasteiger charge is -2.07. The van der Waals surface area contributed by atoms with Crippen molar-refractivity contribution in [2.24, 2.45) is 5.92 Å². The summed E-state index contributed by atoms with van der Waals surface area (Å²) in [5.74, 6) is 0.960. The fraction of sp³-hybridized carbons (Fsp3) is 0.444. The van der Waals surface area contributed by atoms with Gasteiger partial charge in [0.05, 0.1) is 12.0 Å². The minimum atomic E-state index is 0.00205. The normalized spacial score (nSPS) is 27.4. The molecule has 13 heavy (non-hydrogen) atoms. The van der Waals surface area contributed by atoms with Crippen molar-refractivity contribution < 1.29 is 4.42 Å². The number of nitrogens with one attached hydrogen (secondary N) is 1. The lowest BCUT2D eigenvalue weighted by molar-refractivity contribution is 0.452. The molecule has 1 fully saturated rings. The first-order chi connectivity index (χ1) is 6.31. The standard InChI is InChI=1S/C9H9ClN2O/c10-9-2-1-8(13-9)7-5-12-4-6(7)3-11/h1-2,6-7,12H,4-5H2. The van der Waals surface area contributed by atoms with Gasteiger partial charge in [0, 0.05) is 19.0 Å². The zero-order chi connectivity index (χ0) is 9.26. The van der Waals surface area contributed by atoms with E-state index in [1.807, 2.05) is 6.07 Å². The van der Waals surface area contributed by atoms with Gasteiger partial charge in [0.25, 0.3) is 0 Å². The first-order valence-corrected chi connectivity index (χ1v) is 4.54. The fourth-order valence-corrected chi connectivity index (χ4v) is 1.79. The zero-order valence-corrected chi connectivity index (χ0v) is 7.71. The van der Waals surface area contributed by atoms with Crippen molar-refractivity contribution in [2.45, 2.75) is 5.92 Å². The molecule has 2 heterocycles. The van der Waals surface area contributed by atoms with Gasteiger partial charge in [-0.1, -0.05) is 0 Å². The molecule has 0 aromatic carbocycles. The van der Waals surface area contributed by atoms with Crippen molar-refractivity contribution in [1.82, 2.24) is 5.32 Å². The average molecular weight is 197 g/mol. The van der Waals surface area contributed by atoms with Crippen LogP contribution in [-0.2, 0) is 0 Å². The van der Waals surface area contributed by atoms with Crippen molar-refractivity contribution in [3.8, 4) is 6.07 Å². The van der Waals surface area contributed by atoms with Gasteiger partial charge in [0.15, 0.2) is 5.22 Å². The molecule has 1 saturated heterocycles. The lowest BCUT2D eigenvalue weighted by Crippen LogP contribution is -2.07. The summed E-state index contributed by atoms with van der Waals surface area (Å²) in [7, 11) is 0. The third-order valence-electron chi connectivity index (χ3n) is 2.34. The molecule has 0 bridgehead atoms. The van der Waals surface area contributed by atoms with Gasteiger partial charge in [-0.25, -0.2) is 0 Å². The van der Waals surface area contributed by atoms with Gasteiger partial charge in [-0.15, -0.1) is 0 Å². The van der Waals surface area contributed by atoms with Crippen LogP contribution in [0.25, 0.3) is 0 Å². The molecule has 0 aliphatic carbocycles. The second-order valence-corrected chi connectivity index (χ2v) is 3.51. The number of rotatable bonds is 1. The van der Waals surface area contributed by atoms with E-state index in [1.165, 1.54) is 0 Å². The van der Waals surface area contributed by atoms with E-state index in [0.29, 0.717) is 5.22 Å². The molecule has 1 aromatic rings. The van der Waals surface area contributed by atoms with E-state index in [9.17, 15) is 0 Å². The lowest BCUT2D eigenvalue weighted by atomic mass is 9.95. The van der Waals surface area contributed by atoms with Gasteiger partial charge in [0.2, 0.25) is 0 Å². The van der Waals surface area contributed by atoms with Crippen molar-refractivity contribution in [1.29, 1.82) is 5.26 Å². The molecular formula is C9H9ClN2O. The molecule has 1 aliphatic heterocycles. The first kappa shape index (κ1) is 8.61. The number of hydrogen-bond donors (Lipinski definition) is 1. The fourth-order valence-electron chi connectivity index (χ4n) is 1.64. The molecule has 1 N–H and O–H groups in total. The molecule has 1 aromatic heterocycles. The van der Waals surface area contributed by atoms with Crippen LogP contribution < -0.4 is 5.32 Å². The summed E-state index contributed by atoms with van der Waals surface area (Å²) in [6, 6.07) is 5.81. The van der Waals surface area contributed by atoms with Gasteiger partial charge in [-0.05, 0) is 23.7 Å². The summed E-state index contributed by atoms with van der Waals surface area (Å²) in [5, 5.41) is 12.4. The van der Waals surface area contributed by atoms with E-state index in [-0.39, 0.29) is 11.8 Å². The van der Waals surface area contributed by atoms with Crippen LogP contribution in [0.4, 0.5) is 0 Å². The largest absolute Gasteiger partial charge is 0.449 e. The van der Waals surface area contributed by atoms with E-state index in [2.05, 4.69) is 11.4 Å². The minimum absolute atomic E-state index is 0.00205. The number of halogens is 1. The minimum Gasteiger partial charge on any atom is -0.449 e. The molecule has 2 rings (SSSR count). The second-order valence-electron chi connectivity index (χ2n) is 3.14. The summed E-state index contributed by atoms with van der Waals surface area (Å²) < 4.78 is 5.27. The topological polar surface area (TPSA) is 49.0 Å². The van der Waals surface area contributed by atoms with Crippen molar-refractivity contribution in [3.63, 3.8) is 0 Å². The Morgan fingerprint density at radius 3 is 3.00 bits per heavy atom. The number of nitriles is 1. The SMILES string of the molecule is N#CC1CNCC1c1ccc(Cl)o1. The molecule has 0 spiro atoms. The summed E-state index contributed by atoms with van der Waals surface area (Å²) in [6.45, 7) is 1.53. The van der Waals surface area contributed by atoms with Crippen LogP contribution in [0.1, 0.15) is 11.7 Å². The third-order valence-corrected chi connectivity index (χ3v) is 2.54. The third kappa shape index (κ3) is 1.55. The average Bonchev–Trinajstić information content (AvgIpc) is 2.71. The summed E-state index contributed by atoms with van der Waals surface area (Å²) in [5.41, 5.74) is 0. The molecule has 2 unspecified atom stereocenters. The molecule has 3 nitrogen and oxygen atoms in total. The molecule has 4 heteroatoms. The molecule has 0 radical (unpaired) electrons. The highest BCUT2D eigenvalue weighted by Gasteiger charge is 2.30. The van der Waals surface area contributed by atoms with Gasteiger partial charge in [-0.3, -0.25) is 0 Å². The van der Waals surface area contributed by atoms with Gasteiger partial charge >= 0.3 is 0 Å². The van der Waals surface area contributed by atoms with Crippen LogP contribution in [-0.4, -0.2) is 13.1 Å². The Hall–Kier alpha value is -0.980. The maximum absolute atomic E-state index is 8.84. The van der Waals surface area contributed by atoms with E-state index in [0.717, 1.165) is 18.8 Å². The van der Waals surface area contributed by atoms with Crippen LogP contribution in [0.2, 0.25) is 5.22 Å². The predicted octanol–water partition coefficient (Wildman–Crippen LogP) is 1.76. The zero-order valence-electron chi connectivity index (χ0n) is 6.96. The highest BCUT2D eigenvalue weighted by atomic mass is 35.5. The monoisotopic (exact) mass is 196 g/mol. The van der Waals surface area contributed by atoms with E-state index in [4.69, 9.17) is 21.3 Å². The van der Waals surface area contributed by atoms with Crippen molar-refractivity contribution >= 4 is 11.6 Å². The Balaban J connectivity index is 2.21. The van der Waals surface area contributed by atoms with E-state index in [1.54, 1.807) is 6.07 Å². The molecule has 68 valence electrons. The number of hydrogen-bond acceptors (Lipinski definition) is 3. The van der Waals surface area contributed by atoms with Gasteiger partial charge < -0.3 is 9.73 Å². The van der Waals surface area contributed by atoms with Gasteiger partial charge in [-0.2, -0.15) is 5.26 Å². The Morgan fingerprint density at radius 1 is 1.54 bits per heavy atom. The smallest absolute Gasteiger partial charge is 0.193 e. The van der Waals surface area contributed by atoms with Crippen LogP contribution in [0.3, 0.4) is 0 Å². The predicted molar refractivity (Wildman–Crippen MR) is 48.4 cm³/mol. The van der Waals surface area contributed by atoms with Crippen LogP contribution in [0.15, 0.2) is 16.5 Å². The van der Waals surface area contributed by atoms with E-state index < -0.39 is 0 Å². The van der Waals surface area contributed by atoms with Crippen LogP contribution in [0, 0.1) is 17.2 Å². The van der Waals surface area contributed by atoms with E-state index >= 15 is 0 Å². The van der Waals surface area contributed by atoms with Crippen molar-refractivity contribution in [2.75, 3.05) is 13.1 Å². The molecule has 0 amide bonds. The number of nitrogens with zero attached hydrogens (tertiary/aromatic N) is 1. The summed E-state index contributed by atoms with van der Waals surface area (Å²) in [6.07, 6.45) is 0. The highest BCUT2D eigenvalue weighted by Crippen LogP contribution is 2.30. The van der Waals surface area contributed by atoms with Crippen LogP contribution in [0.5, 0.6) is 0 Å². The Bertz CT molecular complexity index is 342. The molecule has 0 saturated carbocycles. The number of furan rings is 1. The first-order valence-electron chi connectivity index (χ1n) is 4.17. The maximum Gasteiger partial charge on any atom is 0.193 e. The van der Waals surface area contributed by atoms with Crippen molar-refractivity contribution in [3.05, 3.63) is 23.1 Å². The van der Waals surface area contributed by atoms with Crippen LogP contribution >= 0.6 is 11.6 Å². The molecule has 2 atom stereocenters. The Kier molecular flexibility index (Phi) is 2.26. The summed E-state index contributed by atoms with van der Waals surface area (Å²) >= 11 is 5.66. The quantitative estimate of drug-likeness (QED) is 0.745. The molecule has 1 aliphatic rings. The Labute approximate surface area is 81.3 Å². The molecular weight excluding hydrogens is 188 g/mol.